The molecule has 2 rings (SSSR count). The number of carbonyl (C=O) groups is 1. The molecule has 17 heavy (non-hydrogen) atoms. The van der Waals surface area contributed by atoms with E-state index in [2.05, 4.69) is 13.0 Å². The first-order chi connectivity index (χ1) is 8.31. The number of rotatable bonds is 5. The summed E-state index contributed by atoms with van der Waals surface area (Å²) in [6.45, 7) is 2.76. The van der Waals surface area contributed by atoms with Crippen molar-refractivity contribution in [2.24, 2.45) is 0 Å². The predicted octanol–water partition coefficient (Wildman–Crippen LogP) is 3.77. The van der Waals surface area contributed by atoms with Crippen LogP contribution in [0.4, 0.5) is 0 Å². The highest BCUT2D eigenvalue weighted by molar-refractivity contribution is 6.09. The minimum Gasteiger partial charge on any atom is -0.494 e. The van der Waals surface area contributed by atoms with Gasteiger partial charge in [0.25, 0.3) is 0 Å². The molecule has 0 atom stereocenters. The first kappa shape index (κ1) is 11.9. The number of benzene rings is 1. The SMILES string of the molecule is CCCOc1cccc(C(=O)C2=CCCC2)c1. The van der Waals surface area contributed by atoms with Gasteiger partial charge in [-0.1, -0.05) is 25.1 Å². The lowest BCUT2D eigenvalue weighted by atomic mass is 10.0. The average molecular weight is 230 g/mol. The smallest absolute Gasteiger partial charge is 0.188 e. The third-order valence-corrected chi connectivity index (χ3v) is 2.90. The molecule has 1 aromatic carbocycles. The monoisotopic (exact) mass is 230 g/mol. The standard InChI is InChI=1S/C15H18O2/c1-2-10-17-14-9-5-8-13(11-14)15(16)12-6-3-4-7-12/h5-6,8-9,11H,2-4,7,10H2,1H3. The van der Waals surface area contributed by atoms with E-state index in [9.17, 15) is 4.79 Å². The van der Waals surface area contributed by atoms with Gasteiger partial charge in [-0.25, -0.2) is 0 Å². The molecule has 1 aliphatic carbocycles. The van der Waals surface area contributed by atoms with Gasteiger partial charge in [-0.3, -0.25) is 4.79 Å². The number of hydrogen-bond donors (Lipinski definition) is 0. The van der Waals surface area contributed by atoms with Gasteiger partial charge in [-0.2, -0.15) is 0 Å². The van der Waals surface area contributed by atoms with Crippen molar-refractivity contribution in [1.29, 1.82) is 0 Å². The molecule has 0 fully saturated rings. The Balaban J connectivity index is 2.12. The summed E-state index contributed by atoms with van der Waals surface area (Å²) in [7, 11) is 0. The van der Waals surface area contributed by atoms with E-state index in [1.54, 1.807) is 0 Å². The predicted molar refractivity (Wildman–Crippen MR) is 68.5 cm³/mol. The largest absolute Gasteiger partial charge is 0.494 e. The summed E-state index contributed by atoms with van der Waals surface area (Å²) < 4.78 is 5.54. The van der Waals surface area contributed by atoms with Gasteiger partial charge in [0, 0.05) is 5.56 Å². The highest BCUT2D eigenvalue weighted by Gasteiger charge is 2.15. The summed E-state index contributed by atoms with van der Waals surface area (Å²) >= 11 is 0. The molecule has 2 nitrogen and oxygen atoms in total. The van der Waals surface area contributed by atoms with Crippen LogP contribution in [-0.2, 0) is 0 Å². The molecule has 0 amide bonds. The van der Waals surface area contributed by atoms with E-state index in [-0.39, 0.29) is 5.78 Å². The topological polar surface area (TPSA) is 26.3 Å². The number of Topliss-reactive ketones (excluding diaryl/α,β-unsaturated/α-hetero) is 1. The van der Waals surface area contributed by atoms with E-state index in [0.29, 0.717) is 6.61 Å². The first-order valence-electron chi connectivity index (χ1n) is 6.28. The van der Waals surface area contributed by atoms with E-state index in [4.69, 9.17) is 4.74 Å². The van der Waals surface area contributed by atoms with E-state index in [1.165, 1.54) is 0 Å². The van der Waals surface area contributed by atoms with Crippen LogP contribution in [0.5, 0.6) is 5.75 Å². The van der Waals surface area contributed by atoms with Crippen LogP contribution in [0, 0.1) is 0 Å². The molecule has 0 spiro atoms. The van der Waals surface area contributed by atoms with Gasteiger partial charge < -0.3 is 4.74 Å². The van der Waals surface area contributed by atoms with E-state index in [1.807, 2.05) is 24.3 Å². The summed E-state index contributed by atoms with van der Waals surface area (Å²) in [6.07, 6.45) is 6.09. The molecule has 0 aliphatic heterocycles. The number of ketones is 1. The Bertz CT molecular complexity index is 432. The van der Waals surface area contributed by atoms with Crippen LogP contribution < -0.4 is 4.74 Å². The van der Waals surface area contributed by atoms with Gasteiger partial charge in [0.2, 0.25) is 0 Å². The van der Waals surface area contributed by atoms with Crippen LogP contribution >= 0.6 is 0 Å². The molecule has 0 N–H and O–H groups in total. The number of hydrogen-bond acceptors (Lipinski definition) is 2. The summed E-state index contributed by atoms with van der Waals surface area (Å²) in [5, 5.41) is 0. The van der Waals surface area contributed by atoms with Gasteiger partial charge in [0.15, 0.2) is 5.78 Å². The fraction of sp³-hybridized carbons (Fsp3) is 0.400. The molecule has 1 aromatic rings. The number of carbonyl (C=O) groups excluding carboxylic acids is 1. The van der Waals surface area contributed by atoms with Crippen LogP contribution in [0.3, 0.4) is 0 Å². The molecule has 0 saturated carbocycles. The van der Waals surface area contributed by atoms with Crippen molar-refractivity contribution < 1.29 is 9.53 Å². The maximum Gasteiger partial charge on any atom is 0.188 e. The Kier molecular flexibility index (Phi) is 3.97. The van der Waals surface area contributed by atoms with Crippen molar-refractivity contribution in [1.82, 2.24) is 0 Å². The molecule has 2 heteroatoms. The van der Waals surface area contributed by atoms with Crippen molar-refractivity contribution in [2.45, 2.75) is 32.6 Å². The van der Waals surface area contributed by atoms with Gasteiger partial charge in [-0.05, 0) is 43.4 Å². The highest BCUT2D eigenvalue weighted by atomic mass is 16.5. The number of ether oxygens (including phenoxy) is 1. The van der Waals surface area contributed by atoms with Crippen LogP contribution in [-0.4, -0.2) is 12.4 Å². The minimum absolute atomic E-state index is 0.157. The molecule has 0 aromatic heterocycles. The zero-order valence-electron chi connectivity index (χ0n) is 10.2. The first-order valence-corrected chi connectivity index (χ1v) is 6.28. The fourth-order valence-corrected chi connectivity index (χ4v) is 2.01. The summed E-state index contributed by atoms with van der Waals surface area (Å²) in [6, 6.07) is 7.49. The minimum atomic E-state index is 0.157. The quantitative estimate of drug-likeness (QED) is 0.720. The molecular formula is C15H18O2. The lowest BCUT2D eigenvalue weighted by Crippen LogP contribution is -2.02. The zero-order valence-corrected chi connectivity index (χ0v) is 10.2. The lowest BCUT2D eigenvalue weighted by Gasteiger charge is -2.06. The van der Waals surface area contributed by atoms with Crippen LogP contribution in [0.1, 0.15) is 43.0 Å². The molecular weight excluding hydrogens is 212 g/mol. The molecule has 0 radical (unpaired) electrons. The van der Waals surface area contributed by atoms with Gasteiger partial charge in [0.1, 0.15) is 5.75 Å². The highest BCUT2D eigenvalue weighted by Crippen LogP contribution is 2.23. The molecule has 0 heterocycles. The van der Waals surface area contributed by atoms with Crippen molar-refractivity contribution in [3.8, 4) is 5.75 Å². The molecule has 0 bridgehead atoms. The fourth-order valence-electron chi connectivity index (χ4n) is 2.01. The Morgan fingerprint density at radius 1 is 1.41 bits per heavy atom. The van der Waals surface area contributed by atoms with Crippen LogP contribution in [0.2, 0.25) is 0 Å². The Morgan fingerprint density at radius 2 is 2.29 bits per heavy atom. The second-order valence-electron chi connectivity index (χ2n) is 4.33. The third-order valence-electron chi connectivity index (χ3n) is 2.90. The summed E-state index contributed by atoms with van der Waals surface area (Å²) in [4.78, 5) is 12.1. The normalized spacial score (nSPS) is 14.5. The van der Waals surface area contributed by atoms with Crippen molar-refractivity contribution in [3.05, 3.63) is 41.5 Å². The molecule has 0 saturated heterocycles. The van der Waals surface area contributed by atoms with E-state index in [0.717, 1.165) is 42.6 Å². The van der Waals surface area contributed by atoms with E-state index < -0.39 is 0 Å². The van der Waals surface area contributed by atoms with E-state index >= 15 is 0 Å². The van der Waals surface area contributed by atoms with Crippen molar-refractivity contribution >= 4 is 5.78 Å². The van der Waals surface area contributed by atoms with Crippen molar-refractivity contribution in [2.75, 3.05) is 6.61 Å². The van der Waals surface area contributed by atoms with Crippen LogP contribution in [0.25, 0.3) is 0 Å². The lowest BCUT2D eigenvalue weighted by molar-refractivity contribution is 0.103. The summed E-state index contributed by atoms with van der Waals surface area (Å²) in [5.74, 6) is 0.945. The van der Waals surface area contributed by atoms with Gasteiger partial charge in [-0.15, -0.1) is 0 Å². The zero-order chi connectivity index (χ0) is 12.1. The number of allylic oxidation sites excluding steroid dienone is 2. The van der Waals surface area contributed by atoms with Gasteiger partial charge >= 0.3 is 0 Å². The molecule has 1 aliphatic rings. The maximum absolute atomic E-state index is 12.1. The summed E-state index contributed by atoms with van der Waals surface area (Å²) in [5.41, 5.74) is 1.70. The van der Waals surface area contributed by atoms with Crippen LogP contribution in [0.15, 0.2) is 35.9 Å². The molecule has 90 valence electrons. The maximum atomic E-state index is 12.1. The second-order valence-corrected chi connectivity index (χ2v) is 4.33. The Labute approximate surface area is 102 Å². The third kappa shape index (κ3) is 2.96. The molecule has 0 unspecified atom stereocenters. The Morgan fingerprint density at radius 3 is 3.00 bits per heavy atom. The van der Waals surface area contributed by atoms with Gasteiger partial charge in [0.05, 0.1) is 6.61 Å². The average Bonchev–Trinajstić information content (AvgIpc) is 2.89. The Hall–Kier alpha value is -1.57. The second kappa shape index (κ2) is 5.67. The van der Waals surface area contributed by atoms with Crippen molar-refractivity contribution in [3.63, 3.8) is 0 Å².